The molecule has 1 heterocycles. The number of carbonyl (C=O) groups excluding carboxylic acids is 2. The Morgan fingerprint density at radius 2 is 2.00 bits per heavy atom. The van der Waals surface area contributed by atoms with Gasteiger partial charge in [0.1, 0.15) is 0 Å². The Kier molecular flexibility index (Phi) is 5.82. The van der Waals surface area contributed by atoms with Crippen molar-refractivity contribution in [1.29, 1.82) is 0 Å². The third-order valence-corrected chi connectivity index (χ3v) is 5.67. The molecule has 132 valence electrons. The Hall–Kier alpha value is -2.09. The first-order valence-electron chi connectivity index (χ1n) is 7.92. The fraction of sp³-hybridized carbons (Fsp3) is 0.500. The van der Waals surface area contributed by atoms with E-state index in [1.165, 1.54) is 4.90 Å². The SMILES string of the molecule is CCOC(=O)c1ccccc1NC(=O)N(CC)C1CCS(=O)(=O)C1. The van der Waals surface area contributed by atoms with Crippen molar-refractivity contribution in [2.24, 2.45) is 0 Å². The number of amides is 2. The summed E-state index contributed by atoms with van der Waals surface area (Å²) in [6.45, 7) is 4.12. The van der Waals surface area contributed by atoms with Crippen molar-refractivity contribution in [3.8, 4) is 0 Å². The van der Waals surface area contributed by atoms with Gasteiger partial charge in [-0.2, -0.15) is 0 Å². The number of nitrogens with zero attached hydrogens (tertiary/aromatic N) is 1. The van der Waals surface area contributed by atoms with Crippen LogP contribution in [0.3, 0.4) is 0 Å². The van der Waals surface area contributed by atoms with Gasteiger partial charge in [0.05, 0.1) is 29.4 Å². The zero-order chi connectivity index (χ0) is 17.7. The zero-order valence-electron chi connectivity index (χ0n) is 13.8. The topological polar surface area (TPSA) is 92.8 Å². The van der Waals surface area contributed by atoms with Crippen LogP contribution in [0.4, 0.5) is 10.5 Å². The minimum atomic E-state index is -3.08. The summed E-state index contributed by atoms with van der Waals surface area (Å²) in [4.78, 5) is 26.0. The van der Waals surface area contributed by atoms with E-state index in [1.807, 2.05) is 0 Å². The molecule has 0 bridgehead atoms. The number of hydrogen-bond acceptors (Lipinski definition) is 5. The minimum Gasteiger partial charge on any atom is -0.462 e. The molecule has 1 fully saturated rings. The van der Waals surface area contributed by atoms with E-state index in [0.717, 1.165) is 0 Å². The van der Waals surface area contributed by atoms with Gasteiger partial charge in [0.15, 0.2) is 9.84 Å². The molecule has 1 saturated heterocycles. The average Bonchev–Trinajstić information content (AvgIpc) is 2.88. The lowest BCUT2D eigenvalue weighted by molar-refractivity contribution is 0.0527. The van der Waals surface area contributed by atoms with Crippen molar-refractivity contribution in [2.75, 3.05) is 30.0 Å². The maximum atomic E-state index is 12.5. The highest BCUT2D eigenvalue weighted by Crippen LogP contribution is 2.21. The van der Waals surface area contributed by atoms with Gasteiger partial charge in [-0.05, 0) is 32.4 Å². The Bertz CT molecular complexity index is 717. The molecular formula is C16H22N2O5S. The summed E-state index contributed by atoms with van der Waals surface area (Å²) < 4.78 is 28.3. The van der Waals surface area contributed by atoms with Crippen LogP contribution in [-0.2, 0) is 14.6 Å². The lowest BCUT2D eigenvalue weighted by Gasteiger charge is -2.27. The van der Waals surface area contributed by atoms with E-state index in [1.54, 1.807) is 38.1 Å². The molecule has 0 aliphatic carbocycles. The summed E-state index contributed by atoms with van der Waals surface area (Å²) in [5.41, 5.74) is 0.614. The van der Waals surface area contributed by atoms with Gasteiger partial charge in [0.2, 0.25) is 0 Å². The standard InChI is InChI=1S/C16H22N2O5S/c1-3-18(12-9-10-24(21,22)11-12)16(20)17-14-8-6-5-7-13(14)15(19)23-4-2/h5-8,12H,3-4,9-11H2,1-2H3,(H,17,20). The molecule has 24 heavy (non-hydrogen) atoms. The molecule has 0 aromatic heterocycles. The van der Waals surface area contributed by atoms with Crippen molar-refractivity contribution in [2.45, 2.75) is 26.3 Å². The van der Waals surface area contributed by atoms with Crippen LogP contribution in [0, 0.1) is 0 Å². The number of benzene rings is 1. The third kappa shape index (κ3) is 4.25. The maximum absolute atomic E-state index is 12.5. The normalized spacial score (nSPS) is 18.8. The van der Waals surface area contributed by atoms with Crippen LogP contribution in [-0.4, -0.2) is 56.0 Å². The Morgan fingerprint density at radius 3 is 2.58 bits per heavy atom. The predicted octanol–water partition coefficient (Wildman–Crippen LogP) is 1.90. The molecule has 8 heteroatoms. The van der Waals surface area contributed by atoms with Crippen molar-refractivity contribution in [1.82, 2.24) is 4.90 Å². The zero-order valence-corrected chi connectivity index (χ0v) is 14.6. The van der Waals surface area contributed by atoms with E-state index in [9.17, 15) is 18.0 Å². The van der Waals surface area contributed by atoms with E-state index in [2.05, 4.69) is 5.32 Å². The van der Waals surface area contributed by atoms with E-state index >= 15 is 0 Å². The second kappa shape index (κ2) is 7.65. The first-order valence-corrected chi connectivity index (χ1v) is 9.74. The molecule has 1 aliphatic heterocycles. The smallest absolute Gasteiger partial charge is 0.340 e. The molecule has 1 aliphatic rings. The van der Waals surface area contributed by atoms with Crippen LogP contribution < -0.4 is 5.32 Å². The highest BCUT2D eigenvalue weighted by Gasteiger charge is 2.34. The Balaban J connectivity index is 2.15. The number of esters is 1. The Morgan fingerprint density at radius 1 is 1.29 bits per heavy atom. The number of rotatable bonds is 5. The number of urea groups is 1. The number of carbonyl (C=O) groups is 2. The lowest BCUT2D eigenvalue weighted by atomic mass is 10.2. The van der Waals surface area contributed by atoms with Crippen molar-refractivity contribution in [3.63, 3.8) is 0 Å². The third-order valence-electron chi connectivity index (χ3n) is 3.91. The Labute approximate surface area is 141 Å². The van der Waals surface area contributed by atoms with Gasteiger partial charge < -0.3 is 15.0 Å². The summed E-state index contributed by atoms with van der Waals surface area (Å²) in [6.07, 6.45) is 0.434. The van der Waals surface area contributed by atoms with Crippen molar-refractivity contribution in [3.05, 3.63) is 29.8 Å². The van der Waals surface area contributed by atoms with E-state index in [0.29, 0.717) is 18.7 Å². The summed E-state index contributed by atoms with van der Waals surface area (Å²) in [5, 5.41) is 2.70. The van der Waals surface area contributed by atoms with Crippen LogP contribution in [0.25, 0.3) is 0 Å². The van der Waals surface area contributed by atoms with Crippen LogP contribution >= 0.6 is 0 Å². The van der Waals surface area contributed by atoms with Gasteiger partial charge in [-0.1, -0.05) is 12.1 Å². The fourth-order valence-electron chi connectivity index (χ4n) is 2.75. The molecule has 2 amide bonds. The number of nitrogens with one attached hydrogen (secondary N) is 1. The molecule has 1 unspecified atom stereocenters. The number of hydrogen-bond donors (Lipinski definition) is 1. The fourth-order valence-corrected chi connectivity index (χ4v) is 4.49. The minimum absolute atomic E-state index is 0.0201. The molecular weight excluding hydrogens is 332 g/mol. The van der Waals surface area contributed by atoms with E-state index in [-0.39, 0.29) is 29.7 Å². The second-order valence-electron chi connectivity index (χ2n) is 5.54. The highest BCUT2D eigenvalue weighted by molar-refractivity contribution is 7.91. The van der Waals surface area contributed by atoms with Crippen LogP contribution in [0.2, 0.25) is 0 Å². The molecule has 1 aromatic carbocycles. The van der Waals surface area contributed by atoms with Crippen molar-refractivity contribution >= 4 is 27.5 Å². The summed E-state index contributed by atoms with van der Waals surface area (Å²) in [6, 6.07) is 5.82. The summed E-state index contributed by atoms with van der Waals surface area (Å²) in [5.74, 6) is -0.436. The highest BCUT2D eigenvalue weighted by atomic mass is 32.2. The average molecular weight is 354 g/mol. The predicted molar refractivity (Wildman–Crippen MR) is 90.9 cm³/mol. The van der Waals surface area contributed by atoms with Gasteiger partial charge in [0.25, 0.3) is 0 Å². The molecule has 0 spiro atoms. The largest absolute Gasteiger partial charge is 0.462 e. The van der Waals surface area contributed by atoms with Crippen LogP contribution in [0.15, 0.2) is 24.3 Å². The number of anilines is 1. The molecule has 7 nitrogen and oxygen atoms in total. The molecule has 0 saturated carbocycles. The van der Waals surface area contributed by atoms with Crippen LogP contribution in [0.5, 0.6) is 0 Å². The maximum Gasteiger partial charge on any atom is 0.340 e. The summed E-state index contributed by atoms with van der Waals surface area (Å²) in [7, 11) is -3.08. The monoisotopic (exact) mass is 354 g/mol. The van der Waals surface area contributed by atoms with Gasteiger partial charge >= 0.3 is 12.0 Å². The van der Waals surface area contributed by atoms with Crippen molar-refractivity contribution < 1.29 is 22.7 Å². The lowest BCUT2D eigenvalue weighted by Crippen LogP contribution is -2.43. The molecule has 2 rings (SSSR count). The number of ether oxygens (including phenoxy) is 1. The van der Waals surface area contributed by atoms with E-state index < -0.39 is 21.8 Å². The molecule has 1 N–H and O–H groups in total. The molecule has 1 atom stereocenters. The number of sulfone groups is 1. The number of para-hydroxylation sites is 1. The first kappa shape index (κ1) is 18.3. The van der Waals surface area contributed by atoms with E-state index in [4.69, 9.17) is 4.74 Å². The van der Waals surface area contributed by atoms with Gasteiger partial charge in [-0.3, -0.25) is 0 Å². The summed E-state index contributed by atoms with van der Waals surface area (Å²) >= 11 is 0. The molecule has 1 aromatic rings. The van der Waals surface area contributed by atoms with Gasteiger partial charge in [-0.15, -0.1) is 0 Å². The molecule has 0 radical (unpaired) electrons. The van der Waals surface area contributed by atoms with Gasteiger partial charge in [0, 0.05) is 12.6 Å². The second-order valence-corrected chi connectivity index (χ2v) is 7.77. The van der Waals surface area contributed by atoms with Crippen LogP contribution in [0.1, 0.15) is 30.6 Å². The van der Waals surface area contributed by atoms with Gasteiger partial charge in [-0.25, -0.2) is 18.0 Å². The quantitative estimate of drug-likeness (QED) is 0.815. The first-order chi connectivity index (χ1) is 11.4.